The van der Waals surface area contributed by atoms with Crippen LogP contribution < -0.4 is 14.4 Å². The molecule has 0 saturated heterocycles. The molecule has 0 N–H and O–H groups in total. The van der Waals surface area contributed by atoms with Crippen molar-refractivity contribution in [3.8, 4) is 40.2 Å². The molecule has 8 heteroatoms. The van der Waals surface area contributed by atoms with Gasteiger partial charge in [-0.05, 0) is 53.5 Å². The summed E-state index contributed by atoms with van der Waals surface area (Å²) in [5, 5.41) is 2.21. The molecule has 0 fully saturated rings. The van der Waals surface area contributed by atoms with Crippen LogP contribution in [-0.2, 0) is 28.1 Å². The largest absolute Gasteiger partial charge is 2.00 e. The third kappa shape index (κ3) is 4.79. The van der Waals surface area contributed by atoms with Crippen LogP contribution in [0.3, 0.4) is 0 Å². The van der Waals surface area contributed by atoms with Gasteiger partial charge in [0.2, 0.25) is 0 Å². The van der Waals surface area contributed by atoms with Gasteiger partial charge in [-0.2, -0.15) is 6.07 Å². The molecule has 0 bridgehead atoms. The van der Waals surface area contributed by atoms with Gasteiger partial charge >= 0.3 is 21.1 Å². The Morgan fingerprint density at radius 1 is 0.638 bits per heavy atom. The second kappa shape index (κ2) is 11.6. The Balaban J connectivity index is 0.00000324. The molecule has 0 radical (unpaired) electrons. The summed E-state index contributed by atoms with van der Waals surface area (Å²) in [6, 6.07) is 45.7. The number of nitrogens with zero attached hydrogens (tertiary/aromatic N) is 5. The van der Waals surface area contributed by atoms with Crippen LogP contribution in [-0.4, -0.2) is 19.1 Å². The van der Waals surface area contributed by atoms with E-state index in [1.165, 1.54) is 0 Å². The van der Waals surface area contributed by atoms with Crippen molar-refractivity contribution in [1.29, 1.82) is 0 Å². The van der Waals surface area contributed by atoms with Crippen molar-refractivity contribution in [3.63, 3.8) is 0 Å². The first kappa shape index (κ1) is 28.8. The van der Waals surface area contributed by atoms with E-state index in [-0.39, 0.29) is 21.1 Å². The first-order valence-corrected chi connectivity index (χ1v) is 15.0. The number of rotatable bonds is 5. The van der Waals surface area contributed by atoms with E-state index in [0.29, 0.717) is 23.0 Å². The molecular weight excluding hydrogens is 766 g/mol. The van der Waals surface area contributed by atoms with Crippen LogP contribution in [0.1, 0.15) is 0 Å². The third-order valence-corrected chi connectivity index (χ3v) is 8.25. The number of pyridine rings is 1. The maximum absolute atomic E-state index is 6.56. The predicted octanol–water partition coefficient (Wildman–Crippen LogP) is 9.54. The third-order valence-electron chi connectivity index (χ3n) is 8.25. The monoisotopic (exact) mass is 790 g/mol. The van der Waals surface area contributed by atoms with Gasteiger partial charge in [-0.3, -0.25) is 4.98 Å². The Bertz CT molecular complexity index is 2420. The quantitative estimate of drug-likeness (QED) is 0.163. The molecule has 0 amide bonds. The van der Waals surface area contributed by atoms with Crippen molar-refractivity contribution in [1.82, 2.24) is 19.1 Å². The van der Waals surface area contributed by atoms with E-state index in [1.807, 2.05) is 103 Å². The van der Waals surface area contributed by atoms with Gasteiger partial charge in [0.1, 0.15) is 5.82 Å². The van der Waals surface area contributed by atoms with E-state index < -0.39 is 0 Å². The Morgan fingerprint density at radius 2 is 1.40 bits per heavy atom. The van der Waals surface area contributed by atoms with Gasteiger partial charge < -0.3 is 23.5 Å². The molecule has 3 aromatic heterocycles. The number of imidazole rings is 1. The Morgan fingerprint density at radius 3 is 2.23 bits per heavy atom. The number of aromatic nitrogens is 4. The molecule has 0 atom stereocenters. The number of para-hydroxylation sites is 4. The van der Waals surface area contributed by atoms with Gasteiger partial charge in [0.25, 0.3) is 0 Å². The number of aryl methyl sites for hydroxylation is 1. The molecule has 47 heavy (non-hydrogen) atoms. The molecule has 5 aromatic carbocycles. The van der Waals surface area contributed by atoms with Crippen molar-refractivity contribution in [2.24, 2.45) is 7.05 Å². The molecule has 228 valence electrons. The fraction of sp³-hybridized carbons (Fsp3) is 0.0256. The summed E-state index contributed by atoms with van der Waals surface area (Å²) in [4.78, 5) is 11.4. The smallest absolute Gasteiger partial charge is 0.449 e. The summed E-state index contributed by atoms with van der Waals surface area (Å²) in [7, 11) is 1.98. The average Bonchev–Trinajstić information content (AvgIpc) is 3.69. The summed E-state index contributed by atoms with van der Waals surface area (Å²) in [6.45, 7) is 0. The normalized spacial score (nSPS) is 11.7. The van der Waals surface area contributed by atoms with Crippen LogP contribution >= 0.6 is 0 Å². The molecule has 9 rings (SSSR count). The fourth-order valence-corrected chi connectivity index (χ4v) is 6.18. The number of benzene rings is 5. The zero-order valence-corrected chi connectivity index (χ0v) is 27.3. The Kier molecular flexibility index (Phi) is 7.11. The SMILES string of the molecule is Cn1ccnc1-c1[c-]c(N(c2[c-]c3c(cc2)c2ccccc2n3-c2ccccn2)c2cccc3c2Oc2ccccc2O3)ccc1.[Pt+2]. The summed E-state index contributed by atoms with van der Waals surface area (Å²) >= 11 is 0. The number of fused-ring (bicyclic) bond motifs is 5. The van der Waals surface area contributed by atoms with Crippen molar-refractivity contribution >= 4 is 38.9 Å². The topological polar surface area (TPSA) is 57.3 Å². The van der Waals surface area contributed by atoms with Crippen LogP contribution in [0.2, 0.25) is 0 Å². The molecule has 7 nitrogen and oxygen atoms in total. The van der Waals surface area contributed by atoms with Crippen molar-refractivity contribution in [2.45, 2.75) is 0 Å². The molecule has 0 aliphatic carbocycles. The molecule has 1 aliphatic heterocycles. The van der Waals surface area contributed by atoms with Crippen LogP contribution in [0.5, 0.6) is 23.0 Å². The molecule has 1 aliphatic rings. The minimum absolute atomic E-state index is 0. The van der Waals surface area contributed by atoms with E-state index in [9.17, 15) is 0 Å². The molecule has 0 unspecified atom stereocenters. The first-order chi connectivity index (χ1) is 22.7. The van der Waals surface area contributed by atoms with E-state index in [1.54, 1.807) is 6.20 Å². The zero-order chi connectivity index (χ0) is 30.6. The van der Waals surface area contributed by atoms with Gasteiger partial charge in [-0.1, -0.05) is 53.7 Å². The molecule has 0 saturated carbocycles. The van der Waals surface area contributed by atoms with Gasteiger partial charge in [-0.15, -0.1) is 47.3 Å². The van der Waals surface area contributed by atoms with E-state index in [4.69, 9.17) is 14.5 Å². The maximum atomic E-state index is 6.56. The maximum Gasteiger partial charge on any atom is 2.00 e. The molecule has 4 heterocycles. The standard InChI is InChI=1S/C39H25N5O2.Pt/c1-42-23-22-41-39(42)26-10-8-11-27(24-26)43(32-14-9-17-36-38(32)46-35-16-5-4-15-34(35)45-36)28-19-20-30-29-12-2-3-13-31(29)44(33(30)25-28)37-18-6-7-21-40-37;/h2-23H,1H3;/q-2;+2. The van der Waals surface area contributed by atoms with E-state index in [0.717, 1.165) is 56.1 Å². The molecular formula is C39H25N5O2Pt. The van der Waals surface area contributed by atoms with E-state index >= 15 is 0 Å². The molecule has 0 spiro atoms. The van der Waals surface area contributed by atoms with Gasteiger partial charge in [0, 0.05) is 31.2 Å². The van der Waals surface area contributed by atoms with Crippen LogP contribution in [0.25, 0.3) is 39.0 Å². The van der Waals surface area contributed by atoms with Crippen LogP contribution in [0.4, 0.5) is 17.1 Å². The number of hydrogen-bond donors (Lipinski definition) is 0. The minimum Gasteiger partial charge on any atom is -0.449 e. The number of hydrogen-bond acceptors (Lipinski definition) is 5. The number of anilines is 3. The van der Waals surface area contributed by atoms with Crippen molar-refractivity contribution < 1.29 is 30.5 Å². The fourth-order valence-electron chi connectivity index (χ4n) is 6.18. The van der Waals surface area contributed by atoms with E-state index in [2.05, 4.69) is 63.0 Å². The summed E-state index contributed by atoms with van der Waals surface area (Å²) in [5.74, 6) is 4.21. The van der Waals surface area contributed by atoms with Crippen molar-refractivity contribution in [3.05, 3.63) is 146 Å². The second-order valence-electron chi connectivity index (χ2n) is 11.0. The average molecular weight is 791 g/mol. The van der Waals surface area contributed by atoms with Gasteiger partial charge in [-0.25, -0.2) is 4.98 Å². The summed E-state index contributed by atoms with van der Waals surface area (Å²) < 4.78 is 17.0. The number of ether oxygens (including phenoxy) is 2. The van der Waals surface area contributed by atoms with Crippen molar-refractivity contribution in [2.75, 3.05) is 4.90 Å². The zero-order valence-electron chi connectivity index (χ0n) is 25.1. The summed E-state index contributed by atoms with van der Waals surface area (Å²) in [6.07, 6.45) is 5.54. The predicted molar refractivity (Wildman–Crippen MR) is 180 cm³/mol. The van der Waals surface area contributed by atoms with Crippen LogP contribution in [0, 0.1) is 12.1 Å². The second-order valence-corrected chi connectivity index (χ2v) is 11.0. The molecule has 8 aromatic rings. The van der Waals surface area contributed by atoms with Gasteiger partial charge in [0.15, 0.2) is 23.0 Å². The van der Waals surface area contributed by atoms with Gasteiger partial charge in [0.05, 0.1) is 11.5 Å². The summed E-state index contributed by atoms with van der Waals surface area (Å²) in [5.41, 5.74) is 5.23. The minimum atomic E-state index is 0. The Hall–Kier alpha value is -5.65. The Labute approximate surface area is 285 Å². The first-order valence-electron chi connectivity index (χ1n) is 15.0. The van der Waals surface area contributed by atoms with Crippen LogP contribution in [0.15, 0.2) is 134 Å².